The van der Waals surface area contributed by atoms with Crippen molar-refractivity contribution in [3.8, 4) is 17.3 Å². The van der Waals surface area contributed by atoms with Gasteiger partial charge < -0.3 is 24.9 Å². The Labute approximate surface area is 230 Å². The molecule has 4 heterocycles. The van der Waals surface area contributed by atoms with E-state index in [1.165, 1.54) is 0 Å². The van der Waals surface area contributed by atoms with Gasteiger partial charge in [-0.3, -0.25) is 4.98 Å². The molecular formula is C27H37ClN6O3Si. The Kier molecular flexibility index (Phi) is 11.0. The van der Waals surface area contributed by atoms with Gasteiger partial charge in [0.2, 0.25) is 0 Å². The Morgan fingerprint density at radius 3 is 2.53 bits per heavy atom. The van der Waals surface area contributed by atoms with Crippen molar-refractivity contribution in [3.63, 3.8) is 0 Å². The molecule has 0 amide bonds. The van der Waals surface area contributed by atoms with Crippen molar-refractivity contribution >= 4 is 36.5 Å². The van der Waals surface area contributed by atoms with E-state index in [1.807, 2.05) is 29.0 Å². The average Bonchev–Trinajstić information content (AvgIpc) is 3.26. The minimum absolute atomic E-state index is 0.0772. The molecule has 38 heavy (non-hydrogen) atoms. The van der Waals surface area contributed by atoms with E-state index in [4.69, 9.17) is 31.9 Å². The van der Waals surface area contributed by atoms with Crippen LogP contribution in [0.3, 0.4) is 0 Å². The molecule has 0 fully saturated rings. The van der Waals surface area contributed by atoms with Gasteiger partial charge in [0.15, 0.2) is 5.82 Å². The van der Waals surface area contributed by atoms with Crippen LogP contribution < -0.4 is 10.5 Å². The highest BCUT2D eigenvalue weighted by Gasteiger charge is 2.19. The average molecular weight is 557 g/mol. The number of pyridine rings is 2. The number of aromatic nitrogens is 5. The summed E-state index contributed by atoms with van der Waals surface area (Å²) in [7, 11) is -1.16. The zero-order valence-corrected chi connectivity index (χ0v) is 24.3. The van der Waals surface area contributed by atoms with Crippen LogP contribution in [0.25, 0.3) is 22.3 Å². The summed E-state index contributed by atoms with van der Waals surface area (Å²) < 4.78 is 13.6. The van der Waals surface area contributed by atoms with Crippen LogP contribution in [0.1, 0.15) is 25.3 Å². The highest BCUT2D eigenvalue weighted by atomic mass is 35.5. The molecule has 0 aliphatic carbocycles. The van der Waals surface area contributed by atoms with Crippen LogP contribution >= 0.6 is 11.6 Å². The first kappa shape index (κ1) is 29.5. The van der Waals surface area contributed by atoms with E-state index in [0.29, 0.717) is 47.6 Å². The molecule has 0 saturated heterocycles. The molecule has 0 aliphatic rings. The third kappa shape index (κ3) is 8.76. The van der Waals surface area contributed by atoms with Crippen molar-refractivity contribution in [2.24, 2.45) is 0 Å². The van der Waals surface area contributed by atoms with E-state index in [9.17, 15) is 0 Å². The lowest BCUT2D eigenvalue weighted by molar-refractivity contribution is 0.0903. The first-order chi connectivity index (χ1) is 18.2. The van der Waals surface area contributed by atoms with Crippen LogP contribution in [0, 0.1) is 0 Å². The molecule has 0 spiro atoms. The third-order valence-electron chi connectivity index (χ3n) is 5.57. The number of nitrogen functional groups attached to an aromatic ring is 1. The second-order valence-corrected chi connectivity index (χ2v) is 16.0. The minimum Gasteiger partial charge on any atom is -0.463 e. The Bertz CT molecular complexity index is 1300. The summed E-state index contributed by atoms with van der Waals surface area (Å²) >= 11 is 6.12. The number of aliphatic hydroxyl groups is 1. The number of rotatable bonds is 11. The van der Waals surface area contributed by atoms with Gasteiger partial charge >= 0.3 is 6.01 Å². The second-order valence-electron chi connectivity index (χ2n) is 10.0. The number of nitrogens with two attached hydrogens (primary N) is 1. The molecule has 4 aromatic heterocycles. The molecular weight excluding hydrogens is 520 g/mol. The van der Waals surface area contributed by atoms with Gasteiger partial charge in [-0.2, -0.15) is 9.97 Å². The van der Waals surface area contributed by atoms with Crippen LogP contribution in [0.5, 0.6) is 6.01 Å². The fourth-order valence-electron chi connectivity index (χ4n) is 3.46. The number of halogens is 1. The van der Waals surface area contributed by atoms with Gasteiger partial charge in [0.25, 0.3) is 0 Å². The quantitative estimate of drug-likeness (QED) is 0.135. The Balaban J connectivity index is 0.000000427. The predicted molar refractivity (Wildman–Crippen MR) is 155 cm³/mol. The summed E-state index contributed by atoms with van der Waals surface area (Å²) in [6, 6.07) is 10.5. The highest BCUT2D eigenvalue weighted by molar-refractivity contribution is 6.76. The lowest BCUT2D eigenvalue weighted by Crippen LogP contribution is -2.22. The van der Waals surface area contributed by atoms with Gasteiger partial charge in [-0.25, -0.2) is 4.98 Å². The Morgan fingerprint density at radius 1 is 1.08 bits per heavy atom. The highest BCUT2D eigenvalue weighted by Crippen LogP contribution is 2.32. The molecule has 4 aromatic rings. The lowest BCUT2D eigenvalue weighted by Gasteiger charge is -2.16. The first-order valence-corrected chi connectivity index (χ1v) is 16.8. The molecule has 3 N–H and O–H groups in total. The maximum atomic E-state index is 8.50. The van der Waals surface area contributed by atoms with Crippen molar-refractivity contribution in [2.75, 3.05) is 18.9 Å². The molecule has 4 rings (SSSR count). The van der Waals surface area contributed by atoms with Crippen LogP contribution in [-0.2, 0) is 18.1 Å². The van der Waals surface area contributed by atoms with Gasteiger partial charge in [-0.1, -0.05) is 56.7 Å². The summed E-state index contributed by atoms with van der Waals surface area (Å²) in [5.41, 5.74) is 10.1. The lowest BCUT2D eigenvalue weighted by atomic mass is 10.2. The van der Waals surface area contributed by atoms with Crippen molar-refractivity contribution in [3.05, 3.63) is 59.6 Å². The number of hydrogen-bond acceptors (Lipinski definition) is 8. The van der Waals surface area contributed by atoms with Crippen molar-refractivity contribution in [1.82, 2.24) is 24.5 Å². The fourth-order valence-corrected chi connectivity index (χ4v) is 4.38. The summed E-state index contributed by atoms with van der Waals surface area (Å²) in [5.74, 6) is 0.355. The monoisotopic (exact) mass is 556 g/mol. The molecule has 9 nitrogen and oxygen atoms in total. The number of unbranched alkanes of at least 4 members (excludes halogenated alkanes) is 1. The van der Waals surface area contributed by atoms with Crippen molar-refractivity contribution < 1.29 is 14.6 Å². The van der Waals surface area contributed by atoms with E-state index in [-0.39, 0.29) is 12.6 Å². The van der Waals surface area contributed by atoms with E-state index in [2.05, 4.69) is 46.5 Å². The summed E-state index contributed by atoms with van der Waals surface area (Å²) in [5, 5.41) is 8.92. The summed E-state index contributed by atoms with van der Waals surface area (Å²) in [6.07, 6.45) is 7.22. The normalized spacial score (nSPS) is 11.3. The van der Waals surface area contributed by atoms with Crippen molar-refractivity contribution in [2.45, 2.75) is 58.8 Å². The van der Waals surface area contributed by atoms with Crippen LogP contribution in [0.4, 0.5) is 5.82 Å². The Morgan fingerprint density at radius 2 is 1.89 bits per heavy atom. The zero-order valence-electron chi connectivity index (χ0n) is 22.5. The maximum Gasteiger partial charge on any atom is 0.319 e. The molecule has 0 bridgehead atoms. The Hall–Kier alpha value is -3.05. The van der Waals surface area contributed by atoms with Gasteiger partial charge in [0, 0.05) is 38.8 Å². The smallest absolute Gasteiger partial charge is 0.319 e. The zero-order chi connectivity index (χ0) is 27.5. The predicted octanol–water partition coefficient (Wildman–Crippen LogP) is 5.79. The number of hydrogen-bond donors (Lipinski definition) is 2. The van der Waals surface area contributed by atoms with Gasteiger partial charge in [0.05, 0.1) is 18.9 Å². The first-order valence-electron chi connectivity index (χ1n) is 12.7. The van der Waals surface area contributed by atoms with E-state index in [1.54, 1.807) is 24.5 Å². The number of aliphatic hydroxyl groups excluding tert-OH is 1. The number of nitrogens with zero attached hydrogens (tertiary/aromatic N) is 5. The maximum absolute atomic E-state index is 8.50. The SMILES string of the molecule is CCCCOc1nc(N)c2c(n1)c(-c1cccc(Cl)n1)cn2COCC[Si](C)(C)C.OCc1cccnc1. The van der Waals surface area contributed by atoms with Gasteiger partial charge in [0.1, 0.15) is 22.9 Å². The van der Waals surface area contributed by atoms with E-state index in [0.717, 1.165) is 30.0 Å². The van der Waals surface area contributed by atoms with Crippen LogP contribution in [0.2, 0.25) is 30.8 Å². The molecule has 0 saturated carbocycles. The van der Waals surface area contributed by atoms with Crippen LogP contribution in [0.15, 0.2) is 48.9 Å². The van der Waals surface area contributed by atoms with Crippen LogP contribution in [-0.4, -0.2) is 50.9 Å². The third-order valence-corrected chi connectivity index (χ3v) is 7.48. The topological polar surface area (TPSA) is 121 Å². The fraction of sp³-hybridized carbons (Fsp3) is 0.407. The van der Waals surface area contributed by atoms with Crippen molar-refractivity contribution in [1.29, 1.82) is 0 Å². The number of ether oxygens (including phenoxy) is 2. The standard InChI is InChI=1S/C21H30ClN5O2Si.C6H7NO/c1-5-6-10-29-21-25-18-15(16-8-7-9-17(22)24-16)13-27(19(18)20(23)26-21)14-28-11-12-30(2,3)4;8-5-6-2-1-3-7-4-6/h7-9,13H,5-6,10-12,14H2,1-4H3,(H2,23,25,26);1-4,8H,5H2. The van der Waals surface area contributed by atoms with Gasteiger partial charge in [-0.15, -0.1) is 0 Å². The van der Waals surface area contributed by atoms with E-state index >= 15 is 0 Å². The largest absolute Gasteiger partial charge is 0.463 e. The number of fused-ring (bicyclic) bond motifs is 1. The molecule has 204 valence electrons. The van der Waals surface area contributed by atoms with Gasteiger partial charge in [-0.05, 0) is 36.2 Å². The second kappa shape index (κ2) is 14.2. The molecule has 0 atom stereocenters. The summed E-state index contributed by atoms with van der Waals surface area (Å²) in [6.45, 7) is 10.8. The molecule has 0 unspecified atom stereocenters. The minimum atomic E-state index is -1.16. The molecule has 0 aromatic carbocycles. The molecule has 11 heteroatoms. The molecule has 0 aliphatic heterocycles. The molecule has 0 radical (unpaired) electrons. The number of anilines is 1. The summed E-state index contributed by atoms with van der Waals surface area (Å²) in [4.78, 5) is 17.2. The van der Waals surface area contributed by atoms with E-state index < -0.39 is 8.07 Å².